The Kier molecular flexibility index (Phi) is 5.15. The van der Waals surface area contributed by atoms with Crippen molar-refractivity contribution < 1.29 is 19.9 Å². The number of nitrogens with two attached hydrogens (primary N) is 1. The number of nitrogens with zero attached hydrogens (tertiary/aromatic N) is 1. The Balaban J connectivity index is 2.32. The van der Waals surface area contributed by atoms with Crippen molar-refractivity contribution in [1.82, 2.24) is 0 Å². The topological polar surface area (TPSA) is 119 Å². The van der Waals surface area contributed by atoms with Gasteiger partial charge in [0.15, 0.2) is 11.5 Å². The van der Waals surface area contributed by atoms with Gasteiger partial charge in [0.2, 0.25) is 0 Å². The molecule has 0 saturated carbocycles. The molecule has 0 bridgehead atoms. The average Bonchev–Trinajstić information content (AvgIpc) is 2.55. The fraction of sp³-hybridized carbons (Fsp3) is 0.250. The fourth-order valence-electron chi connectivity index (χ4n) is 2.32. The highest BCUT2D eigenvalue weighted by Crippen LogP contribution is 2.38. The standard InChI is InChI=1S/C16H18N2O5/c1-23-14-9-11(18(21)22)8-12(16(14)20)15(17)13(19)7-10-5-3-2-4-6-10/h2-6,8-9,13,15,19-20H,7,17H2,1H3/t13-,15+/m1/s1. The maximum atomic E-state index is 11.0. The van der Waals surface area contributed by atoms with Gasteiger partial charge in [-0.2, -0.15) is 0 Å². The minimum Gasteiger partial charge on any atom is -0.504 e. The molecule has 0 amide bonds. The largest absolute Gasteiger partial charge is 0.504 e. The summed E-state index contributed by atoms with van der Waals surface area (Å²) in [6.07, 6.45) is -0.762. The lowest BCUT2D eigenvalue weighted by molar-refractivity contribution is -0.385. The minimum atomic E-state index is -1.02. The van der Waals surface area contributed by atoms with Gasteiger partial charge in [-0.3, -0.25) is 10.1 Å². The average molecular weight is 318 g/mol. The molecular weight excluding hydrogens is 300 g/mol. The summed E-state index contributed by atoms with van der Waals surface area (Å²) >= 11 is 0. The first kappa shape index (κ1) is 16.7. The van der Waals surface area contributed by atoms with Crippen molar-refractivity contribution in [2.24, 2.45) is 5.73 Å². The number of ether oxygens (including phenoxy) is 1. The third kappa shape index (κ3) is 3.77. The van der Waals surface area contributed by atoms with E-state index in [4.69, 9.17) is 10.5 Å². The normalized spacial score (nSPS) is 13.3. The summed E-state index contributed by atoms with van der Waals surface area (Å²) in [7, 11) is 1.29. The summed E-state index contributed by atoms with van der Waals surface area (Å²) in [6.45, 7) is 0. The molecule has 2 aromatic rings. The molecule has 0 aliphatic carbocycles. The van der Waals surface area contributed by atoms with Crippen molar-refractivity contribution in [2.75, 3.05) is 7.11 Å². The fourth-order valence-corrected chi connectivity index (χ4v) is 2.32. The highest BCUT2D eigenvalue weighted by Gasteiger charge is 2.25. The number of phenols is 1. The SMILES string of the molecule is COc1cc([N+](=O)[O-])cc([C@H](N)[C@H](O)Cc2ccccc2)c1O. The van der Waals surface area contributed by atoms with E-state index in [0.717, 1.165) is 17.7 Å². The van der Waals surface area contributed by atoms with Crippen molar-refractivity contribution >= 4 is 5.69 Å². The van der Waals surface area contributed by atoms with Crippen molar-refractivity contribution in [2.45, 2.75) is 18.6 Å². The van der Waals surface area contributed by atoms with Gasteiger partial charge in [-0.05, 0) is 5.56 Å². The van der Waals surface area contributed by atoms with Gasteiger partial charge in [-0.1, -0.05) is 30.3 Å². The number of rotatable bonds is 6. The molecule has 0 aromatic heterocycles. The summed E-state index contributed by atoms with van der Waals surface area (Å²) in [4.78, 5) is 10.4. The third-order valence-electron chi connectivity index (χ3n) is 3.58. The van der Waals surface area contributed by atoms with E-state index in [0.29, 0.717) is 0 Å². The first-order valence-electron chi connectivity index (χ1n) is 6.97. The number of methoxy groups -OCH3 is 1. The van der Waals surface area contributed by atoms with Crippen molar-refractivity contribution in [3.8, 4) is 11.5 Å². The van der Waals surface area contributed by atoms with E-state index in [1.54, 1.807) is 0 Å². The summed E-state index contributed by atoms with van der Waals surface area (Å²) in [6, 6.07) is 10.5. The van der Waals surface area contributed by atoms with Crippen LogP contribution in [0.3, 0.4) is 0 Å². The molecule has 0 heterocycles. The lowest BCUT2D eigenvalue weighted by Gasteiger charge is -2.21. The predicted molar refractivity (Wildman–Crippen MR) is 84.4 cm³/mol. The molecule has 2 aromatic carbocycles. The zero-order chi connectivity index (χ0) is 17.0. The van der Waals surface area contributed by atoms with E-state index in [1.807, 2.05) is 30.3 Å². The number of aromatic hydroxyl groups is 1. The van der Waals surface area contributed by atoms with E-state index in [1.165, 1.54) is 7.11 Å². The number of hydrogen-bond donors (Lipinski definition) is 3. The molecule has 0 aliphatic heterocycles. The minimum absolute atomic E-state index is 0.0587. The first-order chi connectivity index (χ1) is 10.9. The van der Waals surface area contributed by atoms with Crippen molar-refractivity contribution in [3.63, 3.8) is 0 Å². The van der Waals surface area contributed by atoms with E-state index in [2.05, 4.69) is 0 Å². The van der Waals surface area contributed by atoms with Crippen LogP contribution in [0, 0.1) is 10.1 Å². The van der Waals surface area contributed by atoms with Gasteiger partial charge in [-0.25, -0.2) is 0 Å². The number of phenolic OH excluding ortho intramolecular Hbond substituents is 1. The molecule has 0 saturated heterocycles. The second-order valence-corrected chi connectivity index (χ2v) is 5.13. The quantitative estimate of drug-likeness (QED) is 0.553. The van der Waals surface area contributed by atoms with Gasteiger partial charge in [0.1, 0.15) is 0 Å². The Morgan fingerprint density at radius 2 is 1.96 bits per heavy atom. The predicted octanol–water partition coefficient (Wildman–Crippen LogP) is 1.91. The van der Waals surface area contributed by atoms with Gasteiger partial charge in [0.25, 0.3) is 5.69 Å². The number of non-ortho nitro benzene ring substituents is 1. The van der Waals surface area contributed by atoms with Crippen LogP contribution in [0.25, 0.3) is 0 Å². The Morgan fingerprint density at radius 3 is 2.52 bits per heavy atom. The lowest BCUT2D eigenvalue weighted by Crippen LogP contribution is -2.28. The van der Waals surface area contributed by atoms with Gasteiger partial charge < -0.3 is 20.7 Å². The molecule has 2 atom stereocenters. The van der Waals surface area contributed by atoms with Crippen LogP contribution in [-0.2, 0) is 6.42 Å². The van der Waals surface area contributed by atoms with E-state index >= 15 is 0 Å². The number of benzene rings is 2. The molecule has 122 valence electrons. The molecule has 0 fully saturated rings. The van der Waals surface area contributed by atoms with Gasteiger partial charge >= 0.3 is 0 Å². The monoisotopic (exact) mass is 318 g/mol. The summed E-state index contributed by atoms with van der Waals surface area (Å²) in [5.74, 6) is -0.366. The van der Waals surface area contributed by atoms with Crippen LogP contribution in [0.1, 0.15) is 17.2 Å². The molecule has 7 nitrogen and oxygen atoms in total. The van der Waals surface area contributed by atoms with Crippen LogP contribution in [0.2, 0.25) is 0 Å². The number of aliphatic hydroxyl groups excluding tert-OH is 1. The maximum absolute atomic E-state index is 11.0. The number of nitro groups is 1. The zero-order valence-corrected chi connectivity index (χ0v) is 12.5. The summed E-state index contributed by atoms with van der Waals surface area (Å²) in [5.41, 5.74) is 6.66. The molecule has 23 heavy (non-hydrogen) atoms. The molecule has 4 N–H and O–H groups in total. The third-order valence-corrected chi connectivity index (χ3v) is 3.58. The Morgan fingerprint density at radius 1 is 1.30 bits per heavy atom. The Bertz CT molecular complexity index is 690. The van der Waals surface area contributed by atoms with Gasteiger partial charge in [0.05, 0.1) is 30.2 Å². The molecule has 7 heteroatoms. The van der Waals surface area contributed by atoms with Gasteiger partial charge in [0, 0.05) is 18.1 Å². The van der Waals surface area contributed by atoms with Gasteiger partial charge in [-0.15, -0.1) is 0 Å². The Labute approximate surface area is 133 Å². The number of aliphatic hydroxyl groups is 1. The first-order valence-corrected chi connectivity index (χ1v) is 6.97. The number of nitro benzene ring substituents is 1. The molecule has 0 aliphatic rings. The van der Waals surface area contributed by atoms with Crippen LogP contribution in [0.15, 0.2) is 42.5 Å². The summed E-state index contributed by atoms with van der Waals surface area (Å²) < 4.78 is 4.93. The molecule has 2 rings (SSSR count). The van der Waals surface area contributed by atoms with E-state index < -0.39 is 17.1 Å². The molecule has 0 unspecified atom stereocenters. The highest BCUT2D eigenvalue weighted by molar-refractivity contribution is 5.54. The van der Waals surface area contributed by atoms with E-state index in [9.17, 15) is 20.3 Å². The second kappa shape index (κ2) is 7.08. The van der Waals surface area contributed by atoms with Crippen LogP contribution in [-0.4, -0.2) is 28.4 Å². The van der Waals surface area contributed by atoms with Crippen molar-refractivity contribution in [3.05, 3.63) is 63.7 Å². The lowest BCUT2D eigenvalue weighted by atomic mass is 9.95. The maximum Gasteiger partial charge on any atom is 0.273 e. The zero-order valence-electron chi connectivity index (χ0n) is 12.5. The van der Waals surface area contributed by atoms with Crippen LogP contribution in [0.4, 0.5) is 5.69 Å². The highest BCUT2D eigenvalue weighted by atomic mass is 16.6. The second-order valence-electron chi connectivity index (χ2n) is 5.13. The Hall–Kier alpha value is -2.64. The number of hydrogen-bond acceptors (Lipinski definition) is 6. The smallest absolute Gasteiger partial charge is 0.273 e. The van der Waals surface area contributed by atoms with Crippen molar-refractivity contribution in [1.29, 1.82) is 0 Å². The summed E-state index contributed by atoms with van der Waals surface area (Å²) in [5, 5.41) is 31.4. The molecule has 0 radical (unpaired) electrons. The van der Waals surface area contributed by atoms with Crippen LogP contribution in [0.5, 0.6) is 11.5 Å². The molecular formula is C16H18N2O5. The van der Waals surface area contributed by atoms with E-state index in [-0.39, 0.29) is 29.2 Å². The molecule has 0 spiro atoms. The van der Waals surface area contributed by atoms with Crippen LogP contribution < -0.4 is 10.5 Å². The van der Waals surface area contributed by atoms with Crippen LogP contribution >= 0.6 is 0 Å².